The summed E-state index contributed by atoms with van der Waals surface area (Å²) in [5, 5.41) is 2.75. The Hall–Kier alpha value is -1.40. The van der Waals surface area contributed by atoms with E-state index in [9.17, 15) is 13.8 Å². The topological polar surface area (TPSA) is 72.5 Å². The minimum atomic E-state index is -1.43. The third-order valence-corrected chi connectivity index (χ3v) is 4.39. The molecule has 0 fully saturated rings. The number of esters is 1. The van der Waals surface area contributed by atoms with Crippen molar-refractivity contribution >= 4 is 40.0 Å². The zero-order valence-electron chi connectivity index (χ0n) is 11.2. The molecule has 0 aromatic heterocycles. The summed E-state index contributed by atoms with van der Waals surface area (Å²) in [6.07, 6.45) is 0.0251. The molecule has 0 aliphatic rings. The summed E-state index contributed by atoms with van der Waals surface area (Å²) < 4.78 is 16.4. The molecule has 0 aliphatic carbocycles. The van der Waals surface area contributed by atoms with Crippen LogP contribution in [0.2, 0.25) is 5.02 Å². The van der Waals surface area contributed by atoms with Crippen LogP contribution in [0.5, 0.6) is 0 Å². The summed E-state index contributed by atoms with van der Waals surface area (Å²) >= 11 is 5.73. The van der Waals surface area contributed by atoms with E-state index in [0.717, 1.165) is 0 Å². The Kier molecular flexibility index (Phi) is 6.67. The van der Waals surface area contributed by atoms with Gasteiger partial charge in [0.15, 0.2) is 0 Å². The molecule has 1 amide bonds. The van der Waals surface area contributed by atoms with Crippen molar-refractivity contribution in [3.8, 4) is 0 Å². The number of hydrogen-bond donors (Lipinski definition) is 1. The Labute approximate surface area is 125 Å². The molecule has 1 rings (SSSR count). The minimum absolute atomic E-state index is 0.0251. The highest BCUT2D eigenvalue weighted by Crippen LogP contribution is 2.13. The van der Waals surface area contributed by atoms with Gasteiger partial charge in [-0.3, -0.25) is 13.8 Å². The Morgan fingerprint density at radius 3 is 2.50 bits per heavy atom. The molecular weight excluding hydrogens is 302 g/mol. The minimum Gasteiger partial charge on any atom is -0.469 e. The predicted octanol–water partition coefficient (Wildman–Crippen LogP) is 1.98. The highest BCUT2D eigenvalue weighted by molar-refractivity contribution is 7.86. The van der Waals surface area contributed by atoms with E-state index in [-0.39, 0.29) is 18.1 Å². The fourth-order valence-corrected chi connectivity index (χ4v) is 2.48. The molecule has 5 nitrogen and oxygen atoms in total. The van der Waals surface area contributed by atoms with Gasteiger partial charge in [0, 0.05) is 26.8 Å². The molecule has 0 radical (unpaired) electrons. The van der Waals surface area contributed by atoms with Gasteiger partial charge in [0.2, 0.25) is 5.91 Å². The van der Waals surface area contributed by atoms with E-state index in [4.69, 9.17) is 11.6 Å². The summed E-state index contributed by atoms with van der Waals surface area (Å²) in [6, 6.07) is 6.60. The van der Waals surface area contributed by atoms with E-state index in [1.165, 1.54) is 7.11 Å². The number of ether oxygens (including phenoxy) is 1. The molecule has 0 aliphatic heterocycles. The largest absolute Gasteiger partial charge is 0.469 e. The molecule has 1 N–H and O–H groups in total. The maximum absolute atomic E-state index is 11.9. The number of rotatable bonds is 6. The number of benzene rings is 1. The van der Waals surface area contributed by atoms with Crippen molar-refractivity contribution in [2.24, 2.45) is 0 Å². The van der Waals surface area contributed by atoms with Crippen LogP contribution in [0.15, 0.2) is 24.3 Å². The summed E-state index contributed by atoms with van der Waals surface area (Å²) in [5.74, 6) is -0.979. The lowest BCUT2D eigenvalue weighted by Crippen LogP contribution is -2.26. The van der Waals surface area contributed by atoms with Crippen molar-refractivity contribution in [2.45, 2.75) is 18.6 Å². The second-order valence-electron chi connectivity index (χ2n) is 4.17. The van der Waals surface area contributed by atoms with Crippen LogP contribution < -0.4 is 5.32 Å². The van der Waals surface area contributed by atoms with E-state index >= 15 is 0 Å². The number of carbonyl (C=O) groups is 2. The van der Waals surface area contributed by atoms with Crippen LogP contribution in [-0.4, -0.2) is 34.2 Å². The number of carbonyl (C=O) groups excluding carboxylic acids is 2. The maximum Gasteiger partial charge on any atom is 0.306 e. The third kappa shape index (κ3) is 5.71. The van der Waals surface area contributed by atoms with E-state index in [1.807, 2.05) is 0 Å². The second kappa shape index (κ2) is 8.01. The van der Waals surface area contributed by atoms with Gasteiger partial charge in [0.05, 0.1) is 13.5 Å². The van der Waals surface area contributed by atoms with Gasteiger partial charge in [-0.2, -0.15) is 0 Å². The first-order valence-corrected chi connectivity index (χ1v) is 7.67. The van der Waals surface area contributed by atoms with Gasteiger partial charge in [0.1, 0.15) is 5.75 Å². The van der Waals surface area contributed by atoms with E-state index in [1.54, 1.807) is 31.2 Å². The third-order valence-electron chi connectivity index (χ3n) is 2.53. The van der Waals surface area contributed by atoms with Crippen LogP contribution in [0.25, 0.3) is 0 Å². The van der Waals surface area contributed by atoms with Crippen LogP contribution >= 0.6 is 11.6 Å². The summed E-state index contributed by atoms with van der Waals surface area (Å²) in [6.45, 7) is 1.64. The maximum atomic E-state index is 11.9. The Morgan fingerprint density at radius 1 is 1.35 bits per heavy atom. The Morgan fingerprint density at radius 2 is 1.95 bits per heavy atom. The fourth-order valence-electron chi connectivity index (χ4n) is 1.41. The number of nitrogens with one attached hydrogen (secondary N) is 1. The van der Waals surface area contributed by atoms with Crippen molar-refractivity contribution in [3.05, 3.63) is 29.3 Å². The predicted molar refractivity (Wildman–Crippen MR) is 79.2 cm³/mol. The standard InChI is InChI=1S/C13H16ClNO4S/c1-9(7-13(17)19-2)20(18)8-12(16)15-11-5-3-10(14)4-6-11/h3-6,9H,7-8H2,1-2H3,(H,15,16). The van der Waals surface area contributed by atoms with E-state index in [0.29, 0.717) is 10.7 Å². The zero-order chi connectivity index (χ0) is 15.1. The van der Waals surface area contributed by atoms with Gasteiger partial charge in [0.25, 0.3) is 0 Å². The molecular formula is C13H16ClNO4S. The molecule has 0 bridgehead atoms. The first-order chi connectivity index (χ1) is 9.42. The first kappa shape index (κ1) is 16.7. The lowest BCUT2D eigenvalue weighted by Gasteiger charge is -2.10. The highest BCUT2D eigenvalue weighted by atomic mass is 35.5. The van der Waals surface area contributed by atoms with Crippen molar-refractivity contribution < 1.29 is 18.5 Å². The zero-order valence-corrected chi connectivity index (χ0v) is 12.8. The first-order valence-electron chi connectivity index (χ1n) is 5.91. The van der Waals surface area contributed by atoms with Gasteiger partial charge >= 0.3 is 5.97 Å². The second-order valence-corrected chi connectivity index (χ2v) is 6.46. The number of amides is 1. The van der Waals surface area contributed by atoms with Crippen molar-refractivity contribution in [1.29, 1.82) is 0 Å². The molecule has 0 saturated carbocycles. The number of anilines is 1. The fraction of sp³-hybridized carbons (Fsp3) is 0.385. The molecule has 0 spiro atoms. The van der Waals surface area contributed by atoms with E-state index in [2.05, 4.69) is 10.1 Å². The lowest BCUT2D eigenvalue weighted by atomic mass is 10.3. The van der Waals surface area contributed by atoms with Gasteiger partial charge < -0.3 is 10.1 Å². The SMILES string of the molecule is COC(=O)CC(C)S(=O)CC(=O)Nc1ccc(Cl)cc1. The van der Waals surface area contributed by atoms with Gasteiger partial charge in [-0.1, -0.05) is 18.5 Å². The molecule has 1 aromatic carbocycles. The molecule has 7 heteroatoms. The number of halogens is 1. The molecule has 20 heavy (non-hydrogen) atoms. The van der Waals surface area contributed by atoms with Crippen LogP contribution in [0.1, 0.15) is 13.3 Å². The lowest BCUT2D eigenvalue weighted by molar-refractivity contribution is -0.140. The smallest absolute Gasteiger partial charge is 0.306 e. The number of hydrogen-bond acceptors (Lipinski definition) is 4. The molecule has 0 heterocycles. The van der Waals surface area contributed by atoms with Crippen molar-refractivity contribution in [1.82, 2.24) is 0 Å². The van der Waals surface area contributed by atoms with Crippen LogP contribution in [-0.2, 0) is 25.1 Å². The van der Waals surface area contributed by atoms with Crippen LogP contribution in [0, 0.1) is 0 Å². The van der Waals surface area contributed by atoms with Crippen LogP contribution in [0.4, 0.5) is 5.69 Å². The Balaban J connectivity index is 2.47. The highest BCUT2D eigenvalue weighted by Gasteiger charge is 2.18. The average molecular weight is 318 g/mol. The molecule has 1 aromatic rings. The molecule has 110 valence electrons. The molecule has 0 saturated heterocycles. The molecule has 2 unspecified atom stereocenters. The number of methoxy groups -OCH3 is 1. The quantitative estimate of drug-likeness (QED) is 0.814. The molecule has 2 atom stereocenters. The van der Waals surface area contributed by atoms with Gasteiger partial charge in [-0.25, -0.2) is 0 Å². The Bertz CT molecular complexity index is 504. The van der Waals surface area contributed by atoms with Gasteiger partial charge in [-0.05, 0) is 24.3 Å². The average Bonchev–Trinajstić information content (AvgIpc) is 2.41. The van der Waals surface area contributed by atoms with Crippen molar-refractivity contribution in [2.75, 3.05) is 18.2 Å². The van der Waals surface area contributed by atoms with Crippen LogP contribution in [0.3, 0.4) is 0 Å². The summed E-state index contributed by atoms with van der Waals surface area (Å²) in [7, 11) is -0.165. The van der Waals surface area contributed by atoms with Crippen molar-refractivity contribution in [3.63, 3.8) is 0 Å². The normalized spacial score (nSPS) is 13.3. The summed E-state index contributed by atoms with van der Waals surface area (Å²) in [4.78, 5) is 22.8. The monoisotopic (exact) mass is 317 g/mol. The van der Waals surface area contributed by atoms with E-state index < -0.39 is 22.0 Å². The van der Waals surface area contributed by atoms with Gasteiger partial charge in [-0.15, -0.1) is 0 Å². The summed E-state index contributed by atoms with van der Waals surface area (Å²) in [5.41, 5.74) is 0.581.